The van der Waals surface area contributed by atoms with Gasteiger partial charge in [0, 0.05) is 5.57 Å². The van der Waals surface area contributed by atoms with Crippen molar-refractivity contribution in [2.75, 3.05) is 0 Å². The third-order valence-electron chi connectivity index (χ3n) is 2.15. The molecule has 1 rings (SSSR count). The molecular weight excluding hydrogens is 188 g/mol. The zero-order valence-corrected chi connectivity index (χ0v) is 9.32. The van der Waals surface area contributed by atoms with Gasteiger partial charge in [0.2, 0.25) is 0 Å². The van der Waals surface area contributed by atoms with Gasteiger partial charge < -0.3 is 5.11 Å². The Bertz CT molecular complexity index is 369. The Morgan fingerprint density at radius 3 is 2.13 bits per heavy atom. The van der Waals surface area contributed by atoms with Gasteiger partial charge in [0.1, 0.15) is 0 Å². The SMILES string of the molecule is CC(C)(C)/C(=C\c1ccccc1)C(=O)O. The van der Waals surface area contributed by atoms with E-state index in [9.17, 15) is 4.79 Å². The van der Waals surface area contributed by atoms with Gasteiger partial charge in [0.15, 0.2) is 0 Å². The summed E-state index contributed by atoms with van der Waals surface area (Å²) in [5.41, 5.74) is 1.00. The molecule has 0 aliphatic heterocycles. The largest absolute Gasteiger partial charge is 0.478 e. The van der Waals surface area contributed by atoms with Crippen molar-refractivity contribution in [1.29, 1.82) is 0 Å². The Balaban J connectivity index is 3.12. The molecule has 2 nitrogen and oxygen atoms in total. The minimum atomic E-state index is -0.855. The molecule has 0 atom stereocenters. The van der Waals surface area contributed by atoms with Crippen LogP contribution in [0.3, 0.4) is 0 Å². The van der Waals surface area contributed by atoms with Gasteiger partial charge in [-0.1, -0.05) is 51.1 Å². The lowest BCUT2D eigenvalue weighted by Gasteiger charge is -2.19. The fraction of sp³-hybridized carbons (Fsp3) is 0.308. The zero-order chi connectivity index (χ0) is 11.5. The summed E-state index contributed by atoms with van der Waals surface area (Å²) < 4.78 is 0. The lowest BCUT2D eigenvalue weighted by atomic mass is 9.85. The highest BCUT2D eigenvalue weighted by Gasteiger charge is 2.22. The topological polar surface area (TPSA) is 37.3 Å². The molecule has 0 radical (unpaired) electrons. The van der Waals surface area contributed by atoms with E-state index >= 15 is 0 Å². The standard InChI is InChI=1S/C13H16O2/c1-13(2,3)11(12(14)15)9-10-7-5-4-6-8-10/h4-9H,1-3H3,(H,14,15)/b11-9-. The normalized spacial score (nSPS) is 12.6. The molecule has 0 aliphatic rings. The van der Waals surface area contributed by atoms with Gasteiger partial charge in [0.05, 0.1) is 0 Å². The molecule has 0 bridgehead atoms. The van der Waals surface area contributed by atoms with Crippen molar-refractivity contribution >= 4 is 12.0 Å². The smallest absolute Gasteiger partial charge is 0.332 e. The van der Waals surface area contributed by atoms with Gasteiger partial charge in [-0.25, -0.2) is 4.79 Å². The average molecular weight is 204 g/mol. The zero-order valence-electron chi connectivity index (χ0n) is 9.32. The van der Waals surface area contributed by atoms with Crippen LogP contribution in [0.5, 0.6) is 0 Å². The predicted molar refractivity (Wildman–Crippen MR) is 61.5 cm³/mol. The van der Waals surface area contributed by atoms with Crippen LogP contribution in [0.15, 0.2) is 35.9 Å². The molecule has 15 heavy (non-hydrogen) atoms. The maximum Gasteiger partial charge on any atom is 0.332 e. The second-order valence-corrected chi connectivity index (χ2v) is 4.52. The van der Waals surface area contributed by atoms with Gasteiger partial charge in [-0.3, -0.25) is 0 Å². The Morgan fingerprint density at radius 2 is 1.73 bits per heavy atom. The third-order valence-corrected chi connectivity index (χ3v) is 2.15. The van der Waals surface area contributed by atoms with Crippen LogP contribution in [0.1, 0.15) is 26.3 Å². The van der Waals surface area contributed by atoms with E-state index in [1.807, 2.05) is 51.1 Å². The molecule has 1 aromatic rings. The van der Waals surface area contributed by atoms with Gasteiger partial charge in [-0.05, 0) is 17.1 Å². The van der Waals surface area contributed by atoms with Crippen LogP contribution in [0.4, 0.5) is 0 Å². The molecule has 0 fully saturated rings. The molecule has 0 aromatic heterocycles. The summed E-state index contributed by atoms with van der Waals surface area (Å²) in [6, 6.07) is 9.50. The van der Waals surface area contributed by atoms with Gasteiger partial charge in [0.25, 0.3) is 0 Å². The molecular formula is C13H16O2. The number of rotatable bonds is 2. The van der Waals surface area contributed by atoms with Crippen molar-refractivity contribution in [3.63, 3.8) is 0 Å². The van der Waals surface area contributed by atoms with Crippen LogP contribution in [0.2, 0.25) is 0 Å². The van der Waals surface area contributed by atoms with Crippen molar-refractivity contribution in [3.8, 4) is 0 Å². The molecule has 0 saturated carbocycles. The van der Waals surface area contributed by atoms with E-state index in [4.69, 9.17) is 5.11 Å². The number of carboxylic acid groups (broad SMARTS) is 1. The van der Waals surface area contributed by atoms with Crippen molar-refractivity contribution in [2.24, 2.45) is 5.41 Å². The van der Waals surface area contributed by atoms with E-state index in [1.54, 1.807) is 6.08 Å². The Hall–Kier alpha value is -1.57. The average Bonchev–Trinajstić information content (AvgIpc) is 2.13. The van der Waals surface area contributed by atoms with Crippen molar-refractivity contribution in [1.82, 2.24) is 0 Å². The van der Waals surface area contributed by atoms with Gasteiger partial charge in [-0.2, -0.15) is 0 Å². The van der Waals surface area contributed by atoms with Crippen molar-refractivity contribution < 1.29 is 9.90 Å². The highest BCUT2D eigenvalue weighted by atomic mass is 16.4. The maximum absolute atomic E-state index is 11.1. The number of hydrogen-bond acceptors (Lipinski definition) is 1. The lowest BCUT2D eigenvalue weighted by molar-refractivity contribution is -0.133. The van der Waals surface area contributed by atoms with Gasteiger partial charge >= 0.3 is 5.97 Å². The Labute approximate surface area is 90.3 Å². The van der Waals surface area contributed by atoms with E-state index in [0.29, 0.717) is 5.57 Å². The van der Waals surface area contributed by atoms with Crippen LogP contribution in [-0.2, 0) is 4.79 Å². The second kappa shape index (κ2) is 4.30. The first-order valence-corrected chi connectivity index (χ1v) is 4.92. The number of hydrogen-bond donors (Lipinski definition) is 1. The maximum atomic E-state index is 11.1. The monoisotopic (exact) mass is 204 g/mol. The summed E-state index contributed by atoms with van der Waals surface area (Å²) in [4.78, 5) is 11.1. The minimum absolute atomic E-state index is 0.346. The lowest BCUT2D eigenvalue weighted by Crippen LogP contribution is -2.17. The molecule has 0 saturated heterocycles. The number of carbonyl (C=O) groups is 1. The van der Waals surface area contributed by atoms with E-state index < -0.39 is 5.97 Å². The van der Waals surface area contributed by atoms with Crippen LogP contribution in [-0.4, -0.2) is 11.1 Å². The molecule has 1 aromatic carbocycles. The van der Waals surface area contributed by atoms with Crippen molar-refractivity contribution in [2.45, 2.75) is 20.8 Å². The Kier molecular flexibility index (Phi) is 3.30. The fourth-order valence-electron chi connectivity index (χ4n) is 1.31. The van der Waals surface area contributed by atoms with Gasteiger partial charge in [-0.15, -0.1) is 0 Å². The molecule has 0 heterocycles. The minimum Gasteiger partial charge on any atom is -0.478 e. The predicted octanol–water partition coefficient (Wildman–Crippen LogP) is 3.20. The number of carboxylic acids is 1. The molecule has 1 N–H and O–H groups in total. The first kappa shape index (κ1) is 11.5. The first-order chi connectivity index (χ1) is 6.91. The summed E-state index contributed by atoms with van der Waals surface area (Å²) in [7, 11) is 0. The van der Waals surface area contributed by atoms with Crippen molar-refractivity contribution in [3.05, 3.63) is 41.5 Å². The number of aliphatic carboxylic acids is 1. The molecule has 2 heteroatoms. The summed E-state index contributed by atoms with van der Waals surface area (Å²) in [6.45, 7) is 5.70. The molecule has 80 valence electrons. The van der Waals surface area contributed by atoms with E-state index in [1.165, 1.54) is 0 Å². The first-order valence-electron chi connectivity index (χ1n) is 4.92. The second-order valence-electron chi connectivity index (χ2n) is 4.52. The summed E-state index contributed by atoms with van der Waals surface area (Å²) >= 11 is 0. The molecule has 0 spiro atoms. The summed E-state index contributed by atoms with van der Waals surface area (Å²) in [5.74, 6) is -0.855. The van der Waals surface area contributed by atoms with Crippen LogP contribution in [0, 0.1) is 5.41 Å². The van der Waals surface area contributed by atoms with E-state index in [-0.39, 0.29) is 5.41 Å². The molecule has 0 amide bonds. The Morgan fingerprint density at radius 1 is 1.20 bits per heavy atom. The summed E-state index contributed by atoms with van der Waals surface area (Å²) in [6.07, 6.45) is 1.72. The van der Waals surface area contributed by atoms with E-state index in [0.717, 1.165) is 5.56 Å². The van der Waals surface area contributed by atoms with Crippen LogP contribution < -0.4 is 0 Å². The quantitative estimate of drug-likeness (QED) is 0.751. The third kappa shape index (κ3) is 3.24. The highest BCUT2D eigenvalue weighted by molar-refractivity contribution is 5.93. The summed E-state index contributed by atoms with van der Waals surface area (Å²) in [5, 5.41) is 9.10. The molecule has 0 aliphatic carbocycles. The van der Waals surface area contributed by atoms with E-state index in [2.05, 4.69) is 0 Å². The highest BCUT2D eigenvalue weighted by Crippen LogP contribution is 2.27. The number of benzene rings is 1. The fourth-order valence-corrected chi connectivity index (χ4v) is 1.31. The van der Waals surface area contributed by atoms with Crippen LogP contribution >= 0.6 is 0 Å². The van der Waals surface area contributed by atoms with Crippen LogP contribution in [0.25, 0.3) is 6.08 Å². The molecule has 0 unspecified atom stereocenters.